The molecule has 12 heteroatoms. The molecule has 1 amide bonds. The number of pyridine rings is 1. The van der Waals surface area contributed by atoms with Gasteiger partial charge in [-0.25, -0.2) is 9.07 Å². The van der Waals surface area contributed by atoms with Crippen LogP contribution in [-0.4, -0.2) is 30.6 Å². The van der Waals surface area contributed by atoms with Crippen LogP contribution in [0.15, 0.2) is 89.5 Å². The molecule has 37 heavy (non-hydrogen) atoms. The molecule has 1 aliphatic heterocycles. The number of allylic oxidation sites excluding steroid dienone is 1. The minimum atomic E-state index is -0.718. The lowest BCUT2D eigenvalue weighted by atomic mass is 9.95. The molecular weight excluding hydrogens is 497 g/mol. The van der Waals surface area contributed by atoms with Gasteiger partial charge in [0.1, 0.15) is 11.9 Å². The lowest BCUT2D eigenvalue weighted by Crippen LogP contribution is -2.31. The number of anilines is 2. The number of nitrogens with one attached hydrogen (secondary N) is 2. The second-order valence-corrected chi connectivity index (χ2v) is 9.10. The summed E-state index contributed by atoms with van der Waals surface area (Å²) in [5, 5.41) is 22.2. The largest absolute Gasteiger partial charge is 0.328 e. The number of halogens is 1. The number of hydrogen-bond donors (Lipinski definition) is 2. The number of non-ortho nitro benzene ring substituents is 1. The topological polar surface area (TPSA) is 128 Å². The fourth-order valence-electron chi connectivity index (χ4n) is 3.97. The van der Waals surface area contributed by atoms with E-state index in [1.165, 1.54) is 36.2 Å². The van der Waals surface area contributed by atoms with E-state index in [1.54, 1.807) is 60.3 Å². The van der Waals surface area contributed by atoms with E-state index >= 15 is 0 Å². The molecule has 10 nitrogen and oxygen atoms in total. The third kappa shape index (κ3) is 5.05. The summed E-state index contributed by atoms with van der Waals surface area (Å²) in [5.74, 6) is 0.0182. The molecule has 0 radical (unpaired) electrons. The Balaban J connectivity index is 1.51. The summed E-state index contributed by atoms with van der Waals surface area (Å²) in [4.78, 5) is 32.7. The zero-order chi connectivity index (χ0) is 25.9. The predicted octanol–water partition coefficient (Wildman–Crippen LogP) is 4.94. The van der Waals surface area contributed by atoms with Crippen LogP contribution in [0, 0.1) is 15.9 Å². The maximum absolute atomic E-state index is 14.1. The van der Waals surface area contributed by atoms with Gasteiger partial charge in [0.15, 0.2) is 0 Å². The van der Waals surface area contributed by atoms with Crippen molar-refractivity contribution in [2.24, 2.45) is 0 Å². The van der Waals surface area contributed by atoms with Crippen molar-refractivity contribution in [2.45, 2.75) is 23.9 Å². The van der Waals surface area contributed by atoms with E-state index in [0.717, 1.165) is 0 Å². The van der Waals surface area contributed by atoms with Gasteiger partial charge < -0.3 is 10.6 Å². The van der Waals surface area contributed by atoms with Crippen molar-refractivity contribution in [1.82, 2.24) is 19.7 Å². The van der Waals surface area contributed by atoms with Gasteiger partial charge in [0, 0.05) is 29.8 Å². The van der Waals surface area contributed by atoms with E-state index in [-0.39, 0.29) is 17.4 Å². The van der Waals surface area contributed by atoms with E-state index in [2.05, 4.69) is 25.7 Å². The highest BCUT2D eigenvalue weighted by molar-refractivity contribution is 7.98. The highest BCUT2D eigenvalue weighted by Crippen LogP contribution is 2.37. The van der Waals surface area contributed by atoms with Crippen molar-refractivity contribution in [1.29, 1.82) is 0 Å². The van der Waals surface area contributed by atoms with Gasteiger partial charge in [-0.1, -0.05) is 30.0 Å². The molecule has 0 bridgehead atoms. The van der Waals surface area contributed by atoms with Gasteiger partial charge >= 0.3 is 0 Å². The summed E-state index contributed by atoms with van der Waals surface area (Å²) in [7, 11) is 0. The van der Waals surface area contributed by atoms with E-state index < -0.39 is 11.0 Å². The van der Waals surface area contributed by atoms with Crippen molar-refractivity contribution < 1.29 is 14.1 Å². The monoisotopic (exact) mass is 517 g/mol. The van der Waals surface area contributed by atoms with Crippen molar-refractivity contribution in [3.05, 3.63) is 111 Å². The number of nitrogens with zero attached hydrogens (tertiary/aromatic N) is 5. The number of carbonyl (C=O) groups is 1. The Morgan fingerprint density at radius 1 is 1.19 bits per heavy atom. The van der Waals surface area contributed by atoms with Crippen LogP contribution < -0.4 is 10.6 Å². The van der Waals surface area contributed by atoms with Crippen molar-refractivity contribution in [2.75, 3.05) is 10.6 Å². The number of carbonyl (C=O) groups excluding carboxylic acids is 1. The summed E-state index contributed by atoms with van der Waals surface area (Å²) in [6.07, 6.45) is 3.13. The lowest BCUT2D eigenvalue weighted by molar-refractivity contribution is -0.384. The Morgan fingerprint density at radius 3 is 2.68 bits per heavy atom. The minimum Gasteiger partial charge on any atom is -0.328 e. The number of aromatic nitrogens is 4. The average Bonchev–Trinajstić information content (AvgIpc) is 3.30. The van der Waals surface area contributed by atoms with Gasteiger partial charge in [0.25, 0.3) is 11.6 Å². The third-order valence-electron chi connectivity index (χ3n) is 5.73. The molecule has 0 spiro atoms. The van der Waals surface area contributed by atoms with Crippen LogP contribution in [-0.2, 0) is 10.5 Å². The molecular formula is C25H20FN7O3S. The summed E-state index contributed by atoms with van der Waals surface area (Å²) in [5.41, 5.74) is 2.49. The van der Waals surface area contributed by atoms with Crippen LogP contribution in [0.5, 0.6) is 0 Å². The van der Waals surface area contributed by atoms with Crippen LogP contribution in [0.1, 0.15) is 24.1 Å². The fraction of sp³-hybridized carbons (Fsp3) is 0.120. The molecule has 1 aliphatic rings. The molecule has 5 rings (SSSR count). The molecule has 2 aromatic heterocycles. The highest BCUT2D eigenvalue weighted by Gasteiger charge is 2.34. The molecule has 1 atom stereocenters. The van der Waals surface area contributed by atoms with Gasteiger partial charge in [-0.3, -0.25) is 19.9 Å². The summed E-state index contributed by atoms with van der Waals surface area (Å²) in [6.45, 7) is 1.75. The lowest BCUT2D eigenvalue weighted by Gasteiger charge is -2.28. The zero-order valence-electron chi connectivity index (χ0n) is 19.5. The zero-order valence-corrected chi connectivity index (χ0v) is 20.3. The maximum Gasteiger partial charge on any atom is 0.269 e. The smallest absolute Gasteiger partial charge is 0.269 e. The molecule has 0 saturated heterocycles. The first-order valence-corrected chi connectivity index (χ1v) is 12.2. The number of nitro groups is 1. The summed E-state index contributed by atoms with van der Waals surface area (Å²) in [6, 6.07) is 15.1. The first kappa shape index (κ1) is 24.1. The van der Waals surface area contributed by atoms with Crippen LogP contribution in [0.3, 0.4) is 0 Å². The number of amides is 1. The molecule has 2 N–H and O–H groups in total. The Morgan fingerprint density at radius 2 is 1.97 bits per heavy atom. The van der Waals surface area contributed by atoms with E-state index in [1.807, 2.05) is 0 Å². The Bertz CT molecular complexity index is 1510. The Kier molecular flexibility index (Phi) is 6.64. The van der Waals surface area contributed by atoms with Crippen molar-refractivity contribution >= 4 is 35.0 Å². The predicted molar refractivity (Wildman–Crippen MR) is 136 cm³/mol. The normalized spacial score (nSPS) is 14.6. The maximum atomic E-state index is 14.1. The quantitative estimate of drug-likeness (QED) is 0.200. The van der Waals surface area contributed by atoms with Gasteiger partial charge in [-0.05, 0) is 48.4 Å². The standard InChI is InChI=1S/C25H20FN7O3S/c1-15-21(23(34)29-18-6-4-12-27-13-18)22(16-8-10-19(11-9-16)33(35)36)32-24(28-15)30-25(31-32)37-14-17-5-2-3-7-20(17)26/h2-13,22H,14H2,1H3,(H,29,34)(H,28,30,31)/t22-/m1/s1. The Hall–Kier alpha value is -4.58. The Labute approximate surface area is 214 Å². The molecule has 2 aromatic carbocycles. The number of hydrogen-bond acceptors (Lipinski definition) is 8. The number of benzene rings is 2. The molecule has 0 fully saturated rings. The van der Waals surface area contributed by atoms with Gasteiger partial charge in [-0.2, -0.15) is 4.98 Å². The third-order valence-corrected chi connectivity index (χ3v) is 6.62. The van der Waals surface area contributed by atoms with E-state index in [9.17, 15) is 19.3 Å². The number of thioether (sulfide) groups is 1. The van der Waals surface area contributed by atoms with Gasteiger partial charge in [0.05, 0.1) is 22.4 Å². The molecule has 3 heterocycles. The number of fused-ring (bicyclic) bond motifs is 1. The fourth-order valence-corrected chi connectivity index (χ4v) is 4.78. The first-order chi connectivity index (χ1) is 17.9. The molecule has 186 valence electrons. The minimum absolute atomic E-state index is 0.0697. The van der Waals surface area contributed by atoms with E-state index in [4.69, 9.17) is 0 Å². The van der Waals surface area contributed by atoms with Crippen molar-refractivity contribution in [3.63, 3.8) is 0 Å². The first-order valence-electron chi connectivity index (χ1n) is 11.2. The van der Waals surface area contributed by atoms with Crippen LogP contribution in [0.4, 0.5) is 21.7 Å². The molecule has 0 unspecified atom stereocenters. The number of nitro benzene ring substituents is 1. The molecule has 0 saturated carbocycles. The second kappa shape index (κ2) is 10.2. The van der Waals surface area contributed by atoms with Crippen molar-refractivity contribution in [3.8, 4) is 0 Å². The highest BCUT2D eigenvalue weighted by atomic mass is 32.2. The molecule has 4 aromatic rings. The molecule has 0 aliphatic carbocycles. The summed E-state index contributed by atoms with van der Waals surface area (Å²) >= 11 is 1.26. The van der Waals surface area contributed by atoms with E-state index in [0.29, 0.717) is 44.9 Å². The van der Waals surface area contributed by atoms with Crippen LogP contribution in [0.2, 0.25) is 0 Å². The summed E-state index contributed by atoms with van der Waals surface area (Å²) < 4.78 is 15.7. The SMILES string of the molecule is CC1=C(C(=O)Nc2cccnc2)[C@@H](c2ccc([N+](=O)[O-])cc2)n2nc(SCc3ccccc3F)nc2N1. The second-order valence-electron chi connectivity index (χ2n) is 8.15. The average molecular weight is 518 g/mol. The van der Waals surface area contributed by atoms with Gasteiger partial charge in [0.2, 0.25) is 11.1 Å². The van der Waals surface area contributed by atoms with Gasteiger partial charge in [-0.15, -0.1) is 5.10 Å². The van der Waals surface area contributed by atoms with Crippen LogP contribution >= 0.6 is 11.8 Å². The number of rotatable bonds is 7. The van der Waals surface area contributed by atoms with Crippen LogP contribution in [0.25, 0.3) is 0 Å².